The van der Waals surface area contributed by atoms with Gasteiger partial charge in [-0.05, 0) is 99.4 Å². The van der Waals surface area contributed by atoms with Gasteiger partial charge in [-0.25, -0.2) is 15.8 Å². The number of hydrazine groups is 1. The summed E-state index contributed by atoms with van der Waals surface area (Å²) in [5.74, 6) is 5.23. The molecule has 2 aliphatic rings. The topological polar surface area (TPSA) is 149 Å². The summed E-state index contributed by atoms with van der Waals surface area (Å²) >= 11 is 6.28. The quantitative estimate of drug-likeness (QED) is 0.0429. The minimum absolute atomic E-state index is 0.198. The van der Waals surface area contributed by atoms with E-state index in [2.05, 4.69) is 65.7 Å². The number of nitrogens with one attached hydrogen (secondary N) is 1. The van der Waals surface area contributed by atoms with Crippen LogP contribution in [0.2, 0.25) is 0 Å². The zero-order chi connectivity index (χ0) is 41.1. The number of hydrogen-bond donors (Lipinski definition) is 3. The average Bonchev–Trinajstić information content (AvgIpc) is 3.90. The third-order valence-electron chi connectivity index (χ3n) is 10.3. The second kappa shape index (κ2) is 21.1. The maximum atomic E-state index is 11.5. The molecular weight excluding hydrogens is 819 g/mol. The van der Waals surface area contributed by atoms with Gasteiger partial charge < -0.3 is 25.0 Å². The predicted molar refractivity (Wildman–Crippen MR) is 242 cm³/mol. The Hall–Kier alpha value is -3.90. The van der Waals surface area contributed by atoms with E-state index in [-0.39, 0.29) is 47.7 Å². The molecule has 11 nitrogen and oxygen atoms in total. The molecule has 2 atom stereocenters. The first-order chi connectivity index (χ1) is 28.7. The fourth-order valence-corrected chi connectivity index (χ4v) is 10.6. The van der Waals surface area contributed by atoms with Crippen LogP contribution in [0.4, 0.5) is 0 Å². The summed E-state index contributed by atoms with van der Waals surface area (Å²) in [7, 11) is 4.31. The molecule has 5 N–H and O–H groups in total. The molecule has 0 aliphatic carbocycles. The Morgan fingerprint density at radius 3 is 1.56 bits per heavy atom. The van der Waals surface area contributed by atoms with Gasteiger partial charge in [-0.15, -0.1) is 46.2 Å². The molecule has 59 heavy (non-hydrogen) atoms. The van der Waals surface area contributed by atoms with Gasteiger partial charge in [0.25, 0.3) is 0 Å². The number of primary amides is 1. The molecule has 310 valence electrons. The lowest BCUT2D eigenvalue weighted by Crippen LogP contribution is -2.35. The first-order valence-electron chi connectivity index (χ1n) is 19.8. The summed E-state index contributed by atoms with van der Waals surface area (Å²) in [4.78, 5) is 39.1. The van der Waals surface area contributed by atoms with Gasteiger partial charge in [0, 0.05) is 36.0 Å². The van der Waals surface area contributed by atoms with Crippen molar-refractivity contribution in [2.75, 3.05) is 51.8 Å². The minimum Gasteiger partial charge on any atom is -0.369 e. The molecule has 0 spiro atoms. The van der Waals surface area contributed by atoms with Gasteiger partial charge >= 0.3 is 0 Å². The second-order valence-corrected chi connectivity index (χ2v) is 19.1. The van der Waals surface area contributed by atoms with Crippen LogP contribution in [0, 0.1) is 0 Å². The number of fused-ring (bicyclic) bond motifs is 2. The van der Waals surface area contributed by atoms with Crippen molar-refractivity contribution in [3.05, 3.63) is 118 Å². The summed E-state index contributed by atoms with van der Waals surface area (Å²) in [6.45, 7) is 4.18. The van der Waals surface area contributed by atoms with Gasteiger partial charge in [-0.2, -0.15) is 0 Å². The van der Waals surface area contributed by atoms with Crippen molar-refractivity contribution in [3.63, 3.8) is 0 Å². The number of carbonyl (C=O) groups excluding carboxylic acids is 2. The molecule has 8 rings (SSSR count). The lowest BCUT2D eigenvalue weighted by molar-refractivity contribution is -0.118. The van der Waals surface area contributed by atoms with E-state index in [0.29, 0.717) is 0 Å². The van der Waals surface area contributed by atoms with E-state index in [0.717, 1.165) is 98.5 Å². The first kappa shape index (κ1) is 43.2. The molecule has 2 saturated heterocycles. The van der Waals surface area contributed by atoms with Gasteiger partial charge in [0.15, 0.2) is 0 Å². The van der Waals surface area contributed by atoms with Crippen molar-refractivity contribution in [2.24, 2.45) is 11.6 Å². The smallest absolute Gasteiger partial charge is 0.244 e. The molecule has 0 radical (unpaired) electrons. The van der Waals surface area contributed by atoms with Crippen LogP contribution in [0.1, 0.15) is 59.0 Å². The Morgan fingerprint density at radius 1 is 0.695 bits per heavy atom. The van der Waals surface area contributed by atoms with Crippen LogP contribution in [0.25, 0.3) is 20.4 Å². The second-order valence-electron chi connectivity index (χ2n) is 14.8. The lowest BCUT2D eigenvalue weighted by atomic mass is 10.1. The molecule has 4 aromatic carbocycles. The number of benzene rings is 4. The lowest BCUT2D eigenvalue weighted by Gasteiger charge is -2.31. The summed E-state index contributed by atoms with van der Waals surface area (Å²) in [5, 5.41) is 1.94. The van der Waals surface area contributed by atoms with E-state index in [9.17, 15) is 9.59 Å². The fourth-order valence-electron chi connectivity index (χ4n) is 7.07. The molecule has 6 aromatic rings. The Balaban J connectivity index is 0.000000179. The zero-order valence-electron chi connectivity index (χ0n) is 33.3. The van der Waals surface area contributed by atoms with Crippen LogP contribution >= 0.6 is 46.2 Å². The standard InChI is InChI=1S/C22H26N4O2S2.C22H25N3O2S2/c1-26-11-9-16(10-12-26)28-21(22-24-18-7-2-3-8-19(18)30-22)15-5-4-6-17(13-15)29-14-20(27)25-23;1-25-11-9-16(10-12-25)27-21(22-24-18-7-2-3-8-19(18)29-22)15-5-4-6-17(13-15)28-14-20(23)26/h2-8,13,16,21H,9-12,14,23H2,1H3,(H,25,27);2-8,13,16,21H,9-12,14H2,1H3,(H2,23,26). The van der Waals surface area contributed by atoms with E-state index < -0.39 is 0 Å². The van der Waals surface area contributed by atoms with Crippen LogP contribution in [0.5, 0.6) is 0 Å². The fraction of sp³-hybridized carbons (Fsp3) is 0.364. The van der Waals surface area contributed by atoms with Gasteiger partial charge in [0.1, 0.15) is 22.2 Å². The van der Waals surface area contributed by atoms with Crippen molar-refractivity contribution < 1.29 is 19.1 Å². The largest absolute Gasteiger partial charge is 0.369 e. The monoisotopic (exact) mass is 869 g/mol. The van der Waals surface area contributed by atoms with E-state index >= 15 is 0 Å². The number of carbonyl (C=O) groups is 2. The van der Waals surface area contributed by atoms with Crippen LogP contribution in [-0.2, 0) is 19.1 Å². The van der Waals surface area contributed by atoms with Gasteiger partial charge in [0.05, 0.1) is 44.1 Å². The Bertz CT molecular complexity index is 2240. The Labute approximate surface area is 362 Å². The number of ether oxygens (including phenoxy) is 2. The third-order valence-corrected chi connectivity index (χ3v) is 14.5. The number of likely N-dealkylation sites (tertiary alicyclic amines) is 2. The highest BCUT2D eigenvalue weighted by Gasteiger charge is 2.28. The number of thioether (sulfide) groups is 2. The number of aromatic nitrogens is 2. The van der Waals surface area contributed by atoms with Crippen LogP contribution in [0.15, 0.2) is 107 Å². The highest BCUT2D eigenvalue weighted by atomic mass is 32.2. The molecule has 2 fully saturated rings. The number of nitrogens with two attached hydrogens (primary N) is 2. The van der Waals surface area contributed by atoms with Gasteiger partial charge in [0.2, 0.25) is 11.8 Å². The van der Waals surface area contributed by atoms with Crippen molar-refractivity contribution >= 4 is 78.4 Å². The number of nitrogens with zero attached hydrogens (tertiary/aromatic N) is 4. The summed E-state index contributed by atoms with van der Waals surface area (Å²) in [6.07, 6.45) is 4.06. The maximum absolute atomic E-state index is 11.5. The SMILES string of the molecule is CN1CCC(OC(c2cccc(SCC(=O)NN)c2)c2nc3ccccc3s2)CC1.CN1CCC(OC(c2cccc(SCC(N)=O)c2)c2nc3ccccc3s2)CC1. The molecule has 4 heterocycles. The third kappa shape index (κ3) is 12.1. The summed E-state index contributed by atoms with van der Waals surface area (Å²) < 4.78 is 15.6. The maximum Gasteiger partial charge on any atom is 0.244 e. The Morgan fingerprint density at radius 2 is 1.14 bits per heavy atom. The molecular formula is C44H51N7O4S4. The van der Waals surface area contributed by atoms with Crippen molar-refractivity contribution in [1.82, 2.24) is 25.2 Å². The molecule has 0 saturated carbocycles. The van der Waals surface area contributed by atoms with Crippen molar-refractivity contribution in [2.45, 2.75) is 59.9 Å². The van der Waals surface area contributed by atoms with Crippen LogP contribution in [0.3, 0.4) is 0 Å². The first-order valence-corrected chi connectivity index (χ1v) is 23.4. The number of rotatable bonds is 14. The normalized spacial score (nSPS) is 16.7. The summed E-state index contributed by atoms with van der Waals surface area (Å²) in [5.41, 5.74) is 11.6. The number of piperidine rings is 2. The average molecular weight is 870 g/mol. The highest BCUT2D eigenvalue weighted by Crippen LogP contribution is 2.38. The van der Waals surface area contributed by atoms with E-state index in [1.54, 1.807) is 22.7 Å². The molecule has 2 aromatic heterocycles. The summed E-state index contributed by atoms with van der Waals surface area (Å²) in [6, 6.07) is 32.8. The molecule has 2 unspecified atom stereocenters. The van der Waals surface area contributed by atoms with Gasteiger partial charge in [-0.3, -0.25) is 15.0 Å². The molecule has 15 heteroatoms. The predicted octanol–water partition coefficient (Wildman–Crippen LogP) is 7.65. The van der Waals surface area contributed by atoms with Gasteiger partial charge in [-0.1, -0.05) is 48.5 Å². The number of hydrogen-bond acceptors (Lipinski definition) is 13. The molecule has 0 bridgehead atoms. The molecule has 2 aliphatic heterocycles. The zero-order valence-corrected chi connectivity index (χ0v) is 36.6. The van der Waals surface area contributed by atoms with Crippen LogP contribution in [-0.4, -0.2) is 95.6 Å². The van der Waals surface area contributed by atoms with Crippen LogP contribution < -0.4 is 17.0 Å². The van der Waals surface area contributed by atoms with E-state index in [4.69, 9.17) is 31.0 Å². The highest BCUT2D eigenvalue weighted by molar-refractivity contribution is 8.00. The van der Waals surface area contributed by atoms with E-state index in [1.807, 2.05) is 60.7 Å². The van der Waals surface area contributed by atoms with Crippen molar-refractivity contribution in [3.8, 4) is 0 Å². The Kier molecular flexibility index (Phi) is 15.4. The van der Waals surface area contributed by atoms with Crippen molar-refractivity contribution in [1.29, 1.82) is 0 Å². The number of thiazole rings is 2. The number of amides is 2. The molecule has 2 amide bonds. The minimum atomic E-state index is -0.314. The van der Waals surface area contributed by atoms with E-state index in [1.165, 1.54) is 28.2 Å². The number of para-hydroxylation sites is 2.